The van der Waals surface area contributed by atoms with Crippen LogP contribution in [0, 0.1) is 0 Å². The number of rotatable bonds is 3. The van der Waals surface area contributed by atoms with Gasteiger partial charge in [0.2, 0.25) is 0 Å². The molecule has 0 bridgehead atoms. The number of hydrogen-bond acceptors (Lipinski definition) is 4. The van der Waals surface area contributed by atoms with Gasteiger partial charge in [-0.3, -0.25) is 4.79 Å². The van der Waals surface area contributed by atoms with Crippen molar-refractivity contribution < 1.29 is 4.79 Å². The summed E-state index contributed by atoms with van der Waals surface area (Å²) < 4.78 is 1.81. The van der Waals surface area contributed by atoms with E-state index in [1.807, 2.05) is 24.7 Å². The standard InChI is InChI=1S/C10H10N4OS/c1-14-5-4-11-9(14)7-12-13-10(15)8-3-2-6-16-8/h2-7H,1H3,(H,13,15)/b12-7+. The Labute approximate surface area is 96.4 Å². The second-order valence-electron chi connectivity index (χ2n) is 3.07. The molecule has 0 aromatic carbocycles. The molecule has 0 aliphatic heterocycles. The Kier molecular flexibility index (Phi) is 3.11. The van der Waals surface area contributed by atoms with Gasteiger partial charge < -0.3 is 4.57 Å². The maximum absolute atomic E-state index is 11.5. The van der Waals surface area contributed by atoms with E-state index in [4.69, 9.17) is 0 Å². The second-order valence-corrected chi connectivity index (χ2v) is 4.02. The van der Waals surface area contributed by atoms with Crippen LogP contribution in [0.1, 0.15) is 15.5 Å². The minimum atomic E-state index is -0.208. The molecular formula is C10H10N4OS. The fourth-order valence-electron chi connectivity index (χ4n) is 1.11. The van der Waals surface area contributed by atoms with E-state index in [0.29, 0.717) is 10.7 Å². The monoisotopic (exact) mass is 234 g/mol. The molecule has 1 N–H and O–H groups in total. The molecule has 0 aliphatic carbocycles. The third-order valence-corrected chi connectivity index (χ3v) is 2.82. The molecule has 2 heterocycles. The lowest BCUT2D eigenvalue weighted by Gasteiger charge is -1.95. The van der Waals surface area contributed by atoms with Crippen LogP contribution in [0.25, 0.3) is 0 Å². The number of imidazole rings is 1. The molecule has 0 unspecified atom stereocenters. The van der Waals surface area contributed by atoms with Gasteiger partial charge in [0, 0.05) is 19.4 Å². The van der Waals surface area contributed by atoms with E-state index < -0.39 is 0 Å². The number of hydrazone groups is 1. The zero-order chi connectivity index (χ0) is 11.4. The first kappa shape index (κ1) is 10.6. The van der Waals surface area contributed by atoms with Crippen LogP contribution in [0.3, 0.4) is 0 Å². The van der Waals surface area contributed by atoms with Crippen LogP contribution in [0.5, 0.6) is 0 Å². The molecule has 5 nitrogen and oxygen atoms in total. The van der Waals surface area contributed by atoms with Crippen molar-refractivity contribution in [3.05, 3.63) is 40.6 Å². The van der Waals surface area contributed by atoms with E-state index in [9.17, 15) is 4.79 Å². The van der Waals surface area contributed by atoms with E-state index in [-0.39, 0.29) is 5.91 Å². The van der Waals surface area contributed by atoms with Crippen molar-refractivity contribution >= 4 is 23.5 Å². The van der Waals surface area contributed by atoms with E-state index in [1.54, 1.807) is 16.8 Å². The topological polar surface area (TPSA) is 59.3 Å². The van der Waals surface area contributed by atoms with Crippen LogP contribution in [0.4, 0.5) is 0 Å². The number of hydrogen-bond donors (Lipinski definition) is 1. The summed E-state index contributed by atoms with van der Waals surface area (Å²) in [5.74, 6) is 0.479. The molecule has 2 rings (SSSR count). The Balaban J connectivity index is 1.96. The van der Waals surface area contributed by atoms with Crippen molar-refractivity contribution in [2.45, 2.75) is 0 Å². The lowest BCUT2D eigenvalue weighted by molar-refractivity contribution is 0.0959. The highest BCUT2D eigenvalue weighted by atomic mass is 32.1. The van der Waals surface area contributed by atoms with Gasteiger partial charge in [-0.2, -0.15) is 5.10 Å². The largest absolute Gasteiger partial charge is 0.333 e. The number of carbonyl (C=O) groups excluding carboxylic acids is 1. The van der Waals surface area contributed by atoms with Gasteiger partial charge in [0.15, 0.2) is 5.82 Å². The van der Waals surface area contributed by atoms with Gasteiger partial charge in [-0.25, -0.2) is 10.4 Å². The zero-order valence-corrected chi connectivity index (χ0v) is 9.44. The average molecular weight is 234 g/mol. The van der Waals surface area contributed by atoms with Crippen molar-refractivity contribution in [2.75, 3.05) is 0 Å². The predicted octanol–water partition coefficient (Wildman–Crippen LogP) is 1.25. The number of nitrogens with zero attached hydrogens (tertiary/aromatic N) is 3. The molecular weight excluding hydrogens is 224 g/mol. The summed E-state index contributed by atoms with van der Waals surface area (Å²) >= 11 is 1.38. The summed E-state index contributed by atoms with van der Waals surface area (Å²) in [5.41, 5.74) is 2.44. The molecule has 0 fully saturated rings. The zero-order valence-electron chi connectivity index (χ0n) is 8.62. The normalized spacial score (nSPS) is 10.8. The maximum atomic E-state index is 11.5. The number of thiophene rings is 1. The van der Waals surface area contributed by atoms with Gasteiger partial charge in [-0.05, 0) is 11.4 Å². The van der Waals surface area contributed by atoms with Gasteiger partial charge in [-0.1, -0.05) is 6.07 Å². The van der Waals surface area contributed by atoms with Gasteiger partial charge >= 0.3 is 0 Å². The third kappa shape index (κ3) is 2.34. The SMILES string of the molecule is Cn1ccnc1/C=N/NC(=O)c1cccs1. The van der Waals surface area contributed by atoms with Crippen molar-refractivity contribution in [1.29, 1.82) is 0 Å². The van der Waals surface area contributed by atoms with Crippen LogP contribution >= 0.6 is 11.3 Å². The highest BCUT2D eigenvalue weighted by Gasteiger charge is 2.03. The van der Waals surface area contributed by atoms with Crippen LogP contribution in [0.2, 0.25) is 0 Å². The highest BCUT2D eigenvalue weighted by Crippen LogP contribution is 2.07. The van der Waals surface area contributed by atoms with E-state index in [1.165, 1.54) is 17.6 Å². The Bertz CT molecular complexity index is 501. The van der Waals surface area contributed by atoms with Crippen LogP contribution in [-0.2, 0) is 7.05 Å². The molecule has 2 aromatic heterocycles. The highest BCUT2D eigenvalue weighted by molar-refractivity contribution is 7.12. The molecule has 0 radical (unpaired) electrons. The third-order valence-electron chi connectivity index (χ3n) is 1.95. The average Bonchev–Trinajstić information content (AvgIpc) is 2.90. The van der Waals surface area contributed by atoms with E-state index in [0.717, 1.165) is 0 Å². The maximum Gasteiger partial charge on any atom is 0.281 e. The Morgan fingerprint density at radius 3 is 3.19 bits per heavy atom. The Morgan fingerprint density at radius 1 is 1.69 bits per heavy atom. The van der Waals surface area contributed by atoms with E-state index in [2.05, 4.69) is 15.5 Å². The molecule has 0 saturated heterocycles. The summed E-state index contributed by atoms with van der Waals surface area (Å²) in [6.45, 7) is 0. The van der Waals surface area contributed by atoms with Crippen molar-refractivity contribution in [3.63, 3.8) is 0 Å². The van der Waals surface area contributed by atoms with E-state index >= 15 is 0 Å². The first-order chi connectivity index (χ1) is 7.77. The number of aryl methyl sites for hydroxylation is 1. The van der Waals surface area contributed by atoms with Crippen molar-refractivity contribution in [2.24, 2.45) is 12.1 Å². The Morgan fingerprint density at radius 2 is 2.56 bits per heavy atom. The lowest BCUT2D eigenvalue weighted by Crippen LogP contribution is -2.16. The van der Waals surface area contributed by atoms with Gasteiger partial charge in [-0.15, -0.1) is 11.3 Å². The lowest BCUT2D eigenvalue weighted by atomic mass is 10.5. The van der Waals surface area contributed by atoms with Crippen LogP contribution < -0.4 is 5.43 Å². The van der Waals surface area contributed by atoms with Gasteiger partial charge in [0.1, 0.15) is 0 Å². The van der Waals surface area contributed by atoms with Gasteiger partial charge in [0.05, 0.1) is 11.1 Å². The molecule has 82 valence electrons. The van der Waals surface area contributed by atoms with Gasteiger partial charge in [0.25, 0.3) is 5.91 Å². The quantitative estimate of drug-likeness (QED) is 0.641. The first-order valence-corrected chi connectivity index (χ1v) is 5.49. The smallest absolute Gasteiger partial charge is 0.281 e. The number of aromatic nitrogens is 2. The molecule has 16 heavy (non-hydrogen) atoms. The van der Waals surface area contributed by atoms with Crippen LogP contribution in [-0.4, -0.2) is 21.7 Å². The molecule has 0 aliphatic rings. The fraction of sp³-hybridized carbons (Fsp3) is 0.100. The summed E-state index contributed by atoms with van der Waals surface area (Å²) in [6, 6.07) is 3.57. The molecule has 1 amide bonds. The minimum absolute atomic E-state index is 0.208. The first-order valence-electron chi connectivity index (χ1n) is 4.61. The Hall–Kier alpha value is -1.95. The molecule has 2 aromatic rings. The number of nitrogens with one attached hydrogen (secondary N) is 1. The van der Waals surface area contributed by atoms with Crippen LogP contribution in [0.15, 0.2) is 35.0 Å². The number of carbonyl (C=O) groups is 1. The van der Waals surface area contributed by atoms with Crippen molar-refractivity contribution in [1.82, 2.24) is 15.0 Å². The number of amides is 1. The summed E-state index contributed by atoms with van der Waals surface area (Å²) in [6.07, 6.45) is 4.98. The second kappa shape index (κ2) is 4.71. The van der Waals surface area contributed by atoms with Crippen molar-refractivity contribution in [3.8, 4) is 0 Å². The fourth-order valence-corrected chi connectivity index (χ4v) is 1.73. The summed E-state index contributed by atoms with van der Waals surface area (Å²) in [5, 5.41) is 5.67. The molecule has 6 heteroatoms. The summed E-state index contributed by atoms with van der Waals surface area (Å²) in [4.78, 5) is 16.2. The molecule has 0 spiro atoms. The minimum Gasteiger partial charge on any atom is -0.333 e. The molecule has 0 saturated carbocycles. The summed E-state index contributed by atoms with van der Waals surface area (Å²) in [7, 11) is 1.86. The molecule has 0 atom stereocenters. The predicted molar refractivity (Wildman–Crippen MR) is 62.6 cm³/mol.